The summed E-state index contributed by atoms with van der Waals surface area (Å²) < 4.78 is 4.55. The second-order valence-corrected chi connectivity index (χ2v) is 6.69. The quantitative estimate of drug-likeness (QED) is 0.808. The molecule has 5 heteroatoms. The molecule has 1 aliphatic carbocycles. The maximum atomic E-state index is 11.8. The molecule has 2 fully saturated rings. The molecule has 1 amide bonds. The Kier molecular flexibility index (Phi) is 7.15. The fourth-order valence-corrected chi connectivity index (χ4v) is 2.47. The average molecular weight is 298 g/mol. The van der Waals surface area contributed by atoms with Gasteiger partial charge in [-0.1, -0.05) is 6.92 Å². The summed E-state index contributed by atoms with van der Waals surface area (Å²) in [6.45, 7) is 10.0. The van der Waals surface area contributed by atoms with Gasteiger partial charge in [0.05, 0.1) is 0 Å². The molecule has 2 rings (SSSR count). The molecule has 0 atom stereocenters. The molecule has 0 aromatic rings. The van der Waals surface area contributed by atoms with E-state index in [2.05, 4.69) is 15.0 Å². The van der Waals surface area contributed by atoms with Crippen molar-refractivity contribution in [3.8, 4) is 0 Å². The first kappa shape index (κ1) is 18.0. The summed E-state index contributed by atoms with van der Waals surface area (Å²) in [5, 5.41) is 3.35. The highest BCUT2D eigenvalue weighted by atomic mass is 16.5. The third-order valence-corrected chi connectivity index (χ3v) is 3.63. The third kappa shape index (κ3) is 6.93. The molecule has 5 nitrogen and oxygen atoms in total. The molecule has 21 heavy (non-hydrogen) atoms. The van der Waals surface area contributed by atoms with Crippen LogP contribution in [-0.2, 0) is 14.3 Å². The molecule has 0 unspecified atom stereocenters. The number of amides is 1. The summed E-state index contributed by atoms with van der Waals surface area (Å²) in [5.41, 5.74) is -0.318. The van der Waals surface area contributed by atoms with Crippen LogP contribution in [0.3, 0.4) is 0 Å². The second kappa shape index (κ2) is 8.37. The van der Waals surface area contributed by atoms with Gasteiger partial charge in [-0.15, -0.1) is 0 Å². The zero-order valence-electron chi connectivity index (χ0n) is 13.9. The Bertz CT molecular complexity index is 329. The van der Waals surface area contributed by atoms with Crippen molar-refractivity contribution in [2.45, 2.75) is 77.5 Å². The van der Waals surface area contributed by atoms with E-state index in [1.165, 1.54) is 12.8 Å². The van der Waals surface area contributed by atoms with Gasteiger partial charge in [-0.3, -0.25) is 9.59 Å². The van der Waals surface area contributed by atoms with Crippen molar-refractivity contribution in [1.29, 1.82) is 0 Å². The van der Waals surface area contributed by atoms with E-state index in [0.717, 1.165) is 25.9 Å². The molecular weight excluding hydrogens is 268 g/mol. The van der Waals surface area contributed by atoms with Crippen molar-refractivity contribution in [2.75, 3.05) is 13.1 Å². The van der Waals surface area contributed by atoms with E-state index in [-0.39, 0.29) is 5.60 Å². The molecule has 1 N–H and O–H groups in total. The first-order valence-electron chi connectivity index (χ1n) is 8.02. The van der Waals surface area contributed by atoms with Crippen LogP contribution in [0, 0.1) is 0 Å². The molecule has 1 heterocycles. The molecule has 0 aromatic heterocycles. The number of piperidine rings is 1. The Morgan fingerprint density at radius 3 is 2.05 bits per heavy atom. The molecule has 0 radical (unpaired) electrons. The standard InChI is InChI=1S/C11H20N2O.C5H10O2/c1-2-11(14)13(9-3-4-9)10-5-7-12-8-6-10;1-5(2,3)7-4-6/h9-10,12H,2-8H2,1H3;4H,1-3H3. The Morgan fingerprint density at radius 2 is 1.71 bits per heavy atom. The molecule has 0 spiro atoms. The van der Waals surface area contributed by atoms with Crippen LogP contribution in [0.25, 0.3) is 0 Å². The molecule has 2 aliphatic rings. The van der Waals surface area contributed by atoms with Crippen molar-refractivity contribution in [3.63, 3.8) is 0 Å². The van der Waals surface area contributed by atoms with Crippen molar-refractivity contribution >= 4 is 12.4 Å². The smallest absolute Gasteiger partial charge is 0.293 e. The second-order valence-electron chi connectivity index (χ2n) is 6.69. The zero-order valence-corrected chi connectivity index (χ0v) is 13.9. The molecule has 0 bridgehead atoms. The minimum Gasteiger partial charge on any atom is -0.462 e. The summed E-state index contributed by atoms with van der Waals surface area (Å²) in [6, 6.07) is 1.11. The van der Waals surface area contributed by atoms with Crippen molar-refractivity contribution in [3.05, 3.63) is 0 Å². The van der Waals surface area contributed by atoms with Crippen LogP contribution >= 0.6 is 0 Å². The fraction of sp³-hybridized carbons (Fsp3) is 0.875. The van der Waals surface area contributed by atoms with Gasteiger partial charge in [-0.05, 0) is 59.5 Å². The van der Waals surface area contributed by atoms with Crippen LogP contribution in [0.2, 0.25) is 0 Å². The molecule has 0 aromatic carbocycles. The number of carbonyl (C=O) groups is 2. The number of rotatable bonds is 4. The number of hydrogen-bond donors (Lipinski definition) is 1. The Morgan fingerprint density at radius 1 is 1.19 bits per heavy atom. The number of ether oxygens (including phenoxy) is 1. The highest BCUT2D eigenvalue weighted by Crippen LogP contribution is 2.31. The van der Waals surface area contributed by atoms with Gasteiger partial charge >= 0.3 is 0 Å². The average Bonchev–Trinajstić information content (AvgIpc) is 3.24. The summed E-state index contributed by atoms with van der Waals surface area (Å²) >= 11 is 0. The molecule has 122 valence electrons. The molecule has 1 aliphatic heterocycles. The predicted molar refractivity (Wildman–Crippen MR) is 83.0 cm³/mol. The third-order valence-electron chi connectivity index (χ3n) is 3.63. The van der Waals surface area contributed by atoms with Gasteiger partial charge in [0.1, 0.15) is 5.60 Å². The van der Waals surface area contributed by atoms with Crippen LogP contribution in [0.5, 0.6) is 0 Å². The highest BCUT2D eigenvalue weighted by Gasteiger charge is 2.36. The minimum absolute atomic E-state index is 0.318. The Balaban J connectivity index is 0.000000270. The Hall–Kier alpha value is -1.10. The highest BCUT2D eigenvalue weighted by molar-refractivity contribution is 5.76. The van der Waals surface area contributed by atoms with Gasteiger partial charge in [0.25, 0.3) is 6.47 Å². The van der Waals surface area contributed by atoms with E-state index in [9.17, 15) is 9.59 Å². The molecule has 1 saturated carbocycles. The summed E-state index contributed by atoms with van der Waals surface area (Å²) in [4.78, 5) is 23.6. The fourth-order valence-electron chi connectivity index (χ4n) is 2.47. The zero-order chi connectivity index (χ0) is 15.9. The Labute approximate surface area is 128 Å². The predicted octanol–water partition coefficient (Wildman–Crippen LogP) is 2.10. The van der Waals surface area contributed by atoms with Crippen LogP contribution in [-0.4, -0.2) is 48.1 Å². The monoisotopic (exact) mass is 298 g/mol. The lowest BCUT2D eigenvalue weighted by Crippen LogP contribution is -2.47. The van der Waals surface area contributed by atoms with Crippen molar-refractivity contribution in [1.82, 2.24) is 10.2 Å². The van der Waals surface area contributed by atoms with Gasteiger partial charge < -0.3 is 15.0 Å². The van der Waals surface area contributed by atoms with E-state index < -0.39 is 0 Å². The number of nitrogens with one attached hydrogen (secondary N) is 1. The first-order chi connectivity index (χ1) is 9.89. The van der Waals surface area contributed by atoms with Crippen molar-refractivity contribution in [2.24, 2.45) is 0 Å². The maximum absolute atomic E-state index is 11.8. The maximum Gasteiger partial charge on any atom is 0.293 e. The minimum atomic E-state index is -0.318. The number of hydrogen-bond acceptors (Lipinski definition) is 4. The van der Waals surface area contributed by atoms with Gasteiger partial charge in [-0.2, -0.15) is 0 Å². The first-order valence-corrected chi connectivity index (χ1v) is 8.02. The normalized spacial score (nSPS) is 19.2. The summed E-state index contributed by atoms with van der Waals surface area (Å²) in [7, 11) is 0. The summed E-state index contributed by atoms with van der Waals surface area (Å²) in [6.07, 6.45) is 5.41. The topological polar surface area (TPSA) is 58.6 Å². The van der Waals surface area contributed by atoms with Crippen LogP contribution in [0.1, 0.15) is 59.8 Å². The SMILES string of the molecule is CC(C)(C)OC=O.CCC(=O)N(C1CCNCC1)C1CC1. The van der Waals surface area contributed by atoms with Crippen molar-refractivity contribution < 1.29 is 14.3 Å². The van der Waals surface area contributed by atoms with Crippen LogP contribution < -0.4 is 5.32 Å². The van der Waals surface area contributed by atoms with E-state index in [1.54, 1.807) is 0 Å². The van der Waals surface area contributed by atoms with E-state index >= 15 is 0 Å². The largest absolute Gasteiger partial charge is 0.462 e. The van der Waals surface area contributed by atoms with Gasteiger partial charge in [-0.25, -0.2) is 0 Å². The van der Waals surface area contributed by atoms with Crippen LogP contribution in [0.4, 0.5) is 0 Å². The van der Waals surface area contributed by atoms with E-state index in [0.29, 0.717) is 30.9 Å². The van der Waals surface area contributed by atoms with Gasteiger partial charge in [0.2, 0.25) is 5.91 Å². The molecular formula is C16H30N2O3. The van der Waals surface area contributed by atoms with E-state index in [1.807, 2.05) is 27.7 Å². The molecule has 1 saturated heterocycles. The van der Waals surface area contributed by atoms with E-state index in [4.69, 9.17) is 0 Å². The lowest BCUT2D eigenvalue weighted by molar-refractivity contribution is -0.138. The summed E-state index contributed by atoms with van der Waals surface area (Å²) in [5.74, 6) is 0.361. The van der Waals surface area contributed by atoms with Gasteiger partial charge in [0.15, 0.2) is 0 Å². The number of nitrogens with zero attached hydrogens (tertiary/aromatic N) is 1. The number of carbonyl (C=O) groups excluding carboxylic acids is 2. The van der Waals surface area contributed by atoms with Gasteiger partial charge in [0, 0.05) is 18.5 Å². The van der Waals surface area contributed by atoms with Crippen LogP contribution in [0.15, 0.2) is 0 Å². The lowest BCUT2D eigenvalue weighted by Gasteiger charge is -2.34. The lowest BCUT2D eigenvalue weighted by atomic mass is 10.0.